The number of piperidine rings is 1. The van der Waals surface area contributed by atoms with Crippen molar-refractivity contribution < 1.29 is 9.32 Å². The van der Waals surface area contributed by atoms with Crippen LogP contribution in [0.2, 0.25) is 0 Å². The number of nitrogens with one attached hydrogen (secondary N) is 1. The van der Waals surface area contributed by atoms with Crippen molar-refractivity contribution >= 4 is 22.6 Å². The summed E-state index contributed by atoms with van der Waals surface area (Å²) in [6.45, 7) is 5.55. The molecule has 124 valence electrons. The Morgan fingerprint density at radius 1 is 1.57 bits per heavy atom. The van der Waals surface area contributed by atoms with Gasteiger partial charge in [0.25, 0.3) is 0 Å². The number of rotatable bonds is 4. The molecule has 8 nitrogen and oxygen atoms in total. The highest BCUT2D eigenvalue weighted by Crippen LogP contribution is 2.26. The average Bonchev–Trinajstić information content (AvgIpc) is 3.18. The predicted molar refractivity (Wildman–Crippen MR) is 85.3 cm³/mol. The van der Waals surface area contributed by atoms with Crippen molar-refractivity contribution in [2.75, 3.05) is 18.4 Å². The van der Waals surface area contributed by atoms with Gasteiger partial charge in [-0.2, -0.15) is 4.98 Å². The third-order valence-electron chi connectivity index (χ3n) is 3.72. The molecule has 0 spiro atoms. The number of likely N-dealkylation sites (tertiary alicyclic amines) is 1. The molecule has 2 aromatic rings. The van der Waals surface area contributed by atoms with Gasteiger partial charge in [-0.05, 0) is 18.8 Å². The lowest BCUT2D eigenvalue weighted by atomic mass is 9.98. The minimum atomic E-state index is -0.136. The monoisotopic (exact) mass is 336 g/mol. The number of hydrogen-bond donors (Lipinski definition) is 1. The number of nitrogens with zero attached hydrogens (tertiary/aromatic N) is 5. The number of anilines is 1. The summed E-state index contributed by atoms with van der Waals surface area (Å²) >= 11 is 1.16. The molecule has 0 radical (unpaired) electrons. The van der Waals surface area contributed by atoms with Crippen LogP contribution in [-0.2, 0) is 6.42 Å². The molecule has 1 aliphatic rings. The normalized spacial score (nSPS) is 18.4. The van der Waals surface area contributed by atoms with Crippen molar-refractivity contribution in [1.29, 1.82) is 0 Å². The maximum absolute atomic E-state index is 12.3. The molecule has 1 N–H and O–H groups in total. The molecule has 0 aromatic carbocycles. The minimum Gasteiger partial charge on any atom is -0.339 e. The van der Waals surface area contributed by atoms with Crippen LogP contribution in [0.25, 0.3) is 0 Å². The molecule has 1 saturated heterocycles. The molecule has 1 fully saturated rings. The van der Waals surface area contributed by atoms with Gasteiger partial charge >= 0.3 is 6.03 Å². The Balaban J connectivity index is 1.61. The summed E-state index contributed by atoms with van der Waals surface area (Å²) in [6, 6.07) is -0.136. The second-order valence-electron chi connectivity index (χ2n) is 6.14. The number of carbonyl (C=O) groups is 1. The number of aromatic nitrogens is 4. The van der Waals surface area contributed by atoms with Crippen LogP contribution in [0, 0.1) is 5.92 Å². The van der Waals surface area contributed by atoms with Crippen molar-refractivity contribution in [3.8, 4) is 0 Å². The molecule has 2 amide bonds. The summed E-state index contributed by atoms with van der Waals surface area (Å²) in [5, 5.41) is 11.2. The number of hydrogen-bond acceptors (Lipinski definition) is 7. The fourth-order valence-electron chi connectivity index (χ4n) is 2.65. The average molecular weight is 336 g/mol. The molecule has 23 heavy (non-hydrogen) atoms. The van der Waals surface area contributed by atoms with E-state index in [1.165, 1.54) is 0 Å². The van der Waals surface area contributed by atoms with Gasteiger partial charge in [-0.1, -0.05) is 23.5 Å². The molecular formula is C14H20N6O2S. The maximum Gasteiger partial charge on any atom is 0.322 e. The van der Waals surface area contributed by atoms with E-state index in [1.807, 2.05) is 0 Å². The molecule has 9 heteroatoms. The van der Waals surface area contributed by atoms with E-state index in [4.69, 9.17) is 4.52 Å². The minimum absolute atomic E-state index is 0.0995. The second kappa shape index (κ2) is 7.03. The number of amides is 2. The molecule has 0 aliphatic carbocycles. The van der Waals surface area contributed by atoms with Crippen molar-refractivity contribution in [2.45, 2.75) is 39.0 Å². The Bertz CT molecular complexity index is 641. The first-order chi connectivity index (χ1) is 11.1. The zero-order valence-electron chi connectivity index (χ0n) is 13.2. The van der Waals surface area contributed by atoms with Gasteiger partial charge in [0, 0.05) is 31.0 Å². The Labute approximate surface area is 138 Å². The van der Waals surface area contributed by atoms with E-state index in [9.17, 15) is 4.79 Å². The molecule has 0 saturated carbocycles. The Morgan fingerprint density at radius 2 is 2.43 bits per heavy atom. The van der Waals surface area contributed by atoms with E-state index in [-0.39, 0.29) is 11.9 Å². The van der Waals surface area contributed by atoms with E-state index in [1.54, 1.807) is 11.1 Å². The van der Waals surface area contributed by atoms with Gasteiger partial charge in [-0.15, -0.1) is 5.10 Å². The van der Waals surface area contributed by atoms with Gasteiger partial charge in [0.1, 0.15) is 5.00 Å². The smallest absolute Gasteiger partial charge is 0.322 e. The van der Waals surface area contributed by atoms with Crippen LogP contribution in [0.4, 0.5) is 9.80 Å². The van der Waals surface area contributed by atoms with Crippen molar-refractivity contribution in [3.63, 3.8) is 0 Å². The molecule has 0 bridgehead atoms. The predicted octanol–water partition coefficient (Wildman–Crippen LogP) is 2.53. The second-order valence-corrected chi connectivity index (χ2v) is 6.93. The number of carbonyl (C=O) groups excluding carboxylic acids is 1. The lowest BCUT2D eigenvalue weighted by Crippen LogP contribution is -2.41. The fourth-order valence-corrected chi connectivity index (χ4v) is 3.06. The quantitative estimate of drug-likeness (QED) is 0.921. The topological polar surface area (TPSA) is 97.0 Å². The van der Waals surface area contributed by atoms with Gasteiger partial charge in [-0.25, -0.2) is 4.79 Å². The third-order valence-corrected chi connectivity index (χ3v) is 4.30. The molecular weight excluding hydrogens is 316 g/mol. The summed E-state index contributed by atoms with van der Waals surface area (Å²) in [4.78, 5) is 18.6. The SMILES string of the molecule is CC(C)Cc1noc(C2CCCN(C(=O)Nc3cnns3)C2)n1. The van der Waals surface area contributed by atoms with Gasteiger partial charge in [0.2, 0.25) is 5.89 Å². The summed E-state index contributed by atoms with van der Waals surface area (Å²) < 4.78 is 9.14. The zero-order chi connectivity index (χ0) is 16.2. The molecule has 2 aromatic heterocycles. The molecule has 1 unspecified atom stereocenters. The Morgan fingerprint density at radius 3 is 3.17 bits per heavy atom. The van der Waals surface area contributed by atoms with Crippen LogP contribution in [0.3, 0.4) is 0 Å². The van der Waals surface area contributed by atoms with Gasteiger partial charge in [0.05, 0.1) is 12.1 Å². The summed E-state index contributed by atoms with van der Waals surface area (Å²) in [5.41, 5.74) is 0. The third kappa shape index (κ3) is 4.04. The largest absolute Gasteiger partial charge is 0.339 e. The summed E-state index contributed by atoms with van der Waals surface area (Å²) in [7, 11) is 0. The summed E-state index contributed by atoms with van der Waals surface area (Å²) in [5.74, 6) is 1.97. The molecule has 1 atom stereocenters. The van der Waals surface area contributed by atoms with E-state index < -0.39 is 0 Å². The van der Waals surface area contributed by atoms with E-state index >= 15 is 0 Å². The molecule has 3 heterocycles. The highest BCUT2D eigenvalue weighted by molar-refractivity contribution is 7.10. The van der Waals surface area contributed by atoms with E-state index in [0.717, 1.165) is 43.2 Å². The van der Waals surface area contributed by atoms with E-state index in [0.29, 0.717) is 23.4 Å². The highest BCUT2D eigenvalue weighted by Gasteiger charge is 2.28. The highest BCUT2D eigenvalue weighted by atomic mass is 32.1. The van der Waals surface area contributed by atoms with Crippen molar-refractivity contribution in [1.82, 2.24) is 24.6 Å². The summed E-state index contributed by atoms with van der Waals surface area (Å²) in [6.07, 6.45) is 4.22. The number of urea groups is 1. The fraction of sp³-hybridized carbons (Fsp3) is 0.643. The maximum atomic E-state index is 12.3. The van der Waals surface area contributed by atoms with Crippen molar-refractivity contribution in [3.05, 3.63) is 17.9 Å². The van der Waals surface area contributed by atoms with Crippen LogP contribution in [0.1, 0.15) is 44.3 Å². The van der Waals surface area contributed by atoms with Crippen molar-refractivity contribution in [2.24, 2.45) is 5.92 Å². The van der Waals surface area contributed by atoms with Crippen LogP contribution in [0.15, 0.2) is 10.7 Å². The van der Waals surface area contributed by atoms with Crippen LogP contribution >= 0.6 is 11.5 Å². The van der Waals surface area contributed by atoms with Crippen LogP contribution in [-0.4, -0.2) is 43.7 Å². The van der Waals surface area contributed by atoms with Gasteiger partial charge in [-0.3, -0.25) is 5.32 Å². The molecule has 3 rings (SSSR count). The standard InChI is InChI=1S/C14H20N6O2S/c1-9(2)6-11-16-13(22-18-11)10-4-3-5-20(8-10)14(21)17-12-7-15-19-23-12/h7,9-10H,3-6,8H2,1-2H3,(H,17,21). The lowest BCUT2D eigenvalue weighted by molar-refractivity contribution is 0.184. The first-order valence-electron chi connectivity index (χ1n) is 7.77. The zero-order valence-corrected chi connectivity index (χ0v) is 14.0. The first kappa shape index (κ1) is 15.9. The van der Waals surface area contributed by atoms with E-state index in [2.05, 4.69) is 38.9 Å². The first-order valence-corrected chi connectivity index (χ1v) is 8.55. The van der Waals surface area contributed by atoms with Crippen LogP contribution in [0.5, 0.6) is 0 Å². The molecule has 1 aliphatic heterocycles. The van der Waals surface area contributed by atoms with Crippen LogP contribution < -0.4 is 5.32 Å². The Kier molecular flexibility index (Phi) is 4.85. The lowest BCUT2D eigenvalue weighted by Gasteiger charge is -2.30. The van der Waals surface area contributed by atoms with Gasteiger partial charge in [0.15, 0.2) is 5.82 Å². The van der Waals surface area contributed by atoms with Gasteiger partial charge < -0.3 is 9.42 Å². The Hall–Kier alpha value is -2.03.